The number of alkyl halides is 1. The Bertz CT molecular complexity index is 1300. The summed E-state index contributed by atoms with van der Waals surface area (Å²) >= 11 is 13.3. The van der Waals surface area contributed by atoms with Gasteiger partial charge >= 0.3 is 0 Å². The second kappa shape index (κ2) is 10.8. The summed E-state index contributed by atoms with van der Waals surface area (Å²) in [6.45, 7) is 4.55. The molecule has 3 rings (SSSR count). The molecule has 1 heterocycles. The van der Waals surface area contributed by atoms with E-state index < -0.39 is 15.4 Å². The smallest absolute Gasteiger partial charge is 0.231 e. The normalized spacial score (nSPS) is 11.6. The highest BCUT2D eigenvalue weighted by atomic mass is 35.5. The topological polar surface area (TPSA) is 101 Å². The first-order valence-electron chi connectivity index (χ1n) is 10.1. The van der Waals surface area contributed by atoms with Gasteiger partial charge in [0.05, 0.1) is 28.4 Å². The van der Waals surface area contributed by atoms with Crippen molar-refractivity contribution in [2.45, 2.75) is 25.9 Å². The lowest BCUT2D eigenvalue weighted by Crippen LogP contribution is -2.19. The number of hydrogen-bond acceptors (Lipinski definition) is 7. The number of nitrogens with one attached hydrogen (secondary N) is 1. The van der Waals surface area contributed by atoms with Gasteiger partial charge in [-0.25, -0.2) is 13.4 Å². The van der Waals surface area contributed by atoms with Crippen molar-refractivity contribution in [3.8, 4) is 17.6 Å². The highest BCUT2D eigenvalue weighted by Crippen LogP contribution is 2.38. The summed E-state index contributed by atoms with van der Waals surface area (Å²) in [5.41, 5.74) is 2.40. The third-order valence-corrected chi connectivity index (χ3v) is 6.93. The minimum atomic E-state index is -3.37. The van der Waals surface area contributed by atoms with Gasteiger partial charge in [-0.15, -0.1) is 22.9 Å². The molecule has 1 N–H and O–H groups in total. The number of rotatable bonds is 10. The van der Waals surface area contributed by atoms with Crippen LogP contribution in [0.2, 0.25) is 5.02 Å². The molecule has 0 amide bonds. The van der Waals surface area contributed by atoms with Gasteiger partial charge in [-0.1, -0.05) is 37.6 Å². The summed E-state index contributed by atoms with van der Waals surface area (Å²) in [5.74, 6) is 1.28. The summed E-state index contributed by atoms with van der Waals surface area (Å²) < 4.78 is 36.3. The average molecular weight is 540 g/mol. The fraction of sp³-hybridized carbons (Fsp3) is 0.304. The van der Waals surface area contributed by atoms with E-state index in [-0.39, 0.29) is 13.2 Å². The Hall–Kier alpha value is -2.51. The Kier molecular flexibility index (Phi) is 8.31. The Morgan fingerprint density at radius 2 is 1.88 bits per heavy atom. The van der Waals surface area contributed by atoms with E-state index in [1.165, 1.54) is 11.3 Å². The Morgan fingerprint density at radius 3 is 2.50 bits per heavy atom. The molecular formula is C23H23Cl2N3O4S2. The molecule has 0 atom stereocenters. The van der Waals surface area contributed by atoms with Crippen molar-refractivity contribution in [1.82, 2.24) is 4.98 Å². The summed E-state index contributed by atoms with van der Waals surface area (Å²) in [5, 5.41) is 12.0. The van der Waals surface area contributed by atoms with Crippen molar-refractivity contribution in [1.29, 1.82) is 5.26 Å². The Labute approximate surface area is 213 Å². The highest BCUT2D eigenvalue weighted by Gasteiger charge is 2.26. The van der Waals surface area contributed by atoms with Crippen molar-refractivity contribution >= 4 is 49.7 Å². The van der Waals surface area contributed by atoms with Crippen LogP contribution < -0.4 is 14.2 Å². The Morgan fingerprint density at radius 1 is 1.18 bits per heavy atom. The maximum absolute atomic E-state index is 11.3. The molecule has 11 heteroatoms. The van der Waals surface area contributed by atoms with Gasteiger partial charge in [-0.2, -0.15) is 5.26 Å². The second-order valence-electron chi connectivity index (χ2n) is 7.94. The lowest BCUT2D eigenvalue weighted by atomic mass is 9.77. The predicted molar refractivity (Wildman–Crippen MR) is 136 cm³/mol. The molecule has 1 aromatic heterocycles. The van der Waals surface area contributed by atoms with Crippen LogP contribution in [0, 0.1) is 11.3 Å². The van der Waals surface area contributed by atoms with Crippen molar-refractivity contribution in [3.63, 3.8) is 0 Å². The molecule has 7 nitrogen and oxygen atoms in total. The molecule has 0 fully saturated rings. The largest absolute Gasteiger partial charge is 0.489 e. The van der Waals surface area contributed by atoms with Gasteiger partial charge in [0.1, 0.15) is 25.0 Å². The molecule has 3 aromatic rings. The number of hydrogen-bond donors (Lipinski definition) is 1. The molecule has 0 aliphatic rings. The molecule has 0 radical (unpaired) electrons. The third-order valence-electron chi connectivity index (χ3n) is 5.00. The van der Waals surface area contributed by atoms with Crippen LogP contribution in [0.4, 0.5) is 5.13 Å². The number of nitriles is 1. The first-order valence-corrected chi connectivity index (χ1v) is 13.8. The summed E-state index contributed by atoms with van der Waals surface area (Å²) in [6, 6.07) is 13.3. The van der Waals surface area contributed by atoms with E-state index >= 15 is 0 Å². The van der Waals surface area contributed by atoms with Crippen LogP contribution >= 0.6 is 34.5 Å². The summed E-state index contributed by atoms with van der Waals surface area (Å²) in [4.78, 5) is 4.20. The van der Waals surface area contributed by atoms with Gasteiger partial charge in [0.2, 0.25) is 10.0 Å². The maximum Gasteiger partial charge on any atom is 0.231 e. The van der Waals surface area contributed by atoms with Gasteiger partial charge < -0.3 is 9.47 Å². The minimum absolute atomic E-state index is 0.204. The molecule has 0 aliphatic heterocycles. The molecule has 0 saturated carbocycles. The number of benzene rings is 2. The molecular weight excluding hydrogens is 517 g/mol. The number of halogens is 2. The number of aromatic nitrogens is 1. The molecule has 0 aliphatic carbocycles. The lowest BCUT2D eigenvalue weighted by Gasteiger charge is -2.27. The van der Waals surface area contributed by atoms with E-state index in [1.807, 2.05) is 38.1 Å². The monoisotopic (exact) mass is 539 g/mol. The zero-order chi connectivity index (χ0) is 24.9. The molecule has 0 bridgehead atoms. The number of sulfonamides is 1. The van der Waals surface area contributed by atoms with Crippen LogP contribution in [-0.4, -0.2) is 32.1 Å². The van der Waals surface area contributed by atoms with Gasteiger partial charge in [0, 0.05) is 10.8 Å². The van der Waals surface area contributed by atoms with Crippen molar-refractivity contribution in [2.24, 2.45) is 0 Å². The standard InChI is InChI=1S/C23H23Cl2N3O4S2/c1-23(2,17-10-15(12-26)21(20(25)11-17)31-9-8-24)16-4-6-19(7-5-16)32-13-18-14-33-22(27-18)28-34(3,29)30/h4-7,10-11,14H,8-9,13H2,1-3H3,(H,27,28). The zero-order valence-electron chi connectivity index (χ0n) is 18.8. The molecule has 34 heavy (non-hydrogen) atoms. The molecule has 0 saturated heterocycles. The average Bonchev–Trinajstić information content (AvgIpc) is 3.22. The Balaban J connectivity index is 1.73. The quantitative estimate of drug-likeness (QED) is 0.338. The zero-order valence-corrected chi connectivity index (χ0v) is 21.9. The van der Waals surface area contributed by atoms with Crippen LogP contribution in [-0.2, 0) is 22.0 Å². The maximum atomic E-state index is 11.3. The molecule has 180 valence electrons. The van der Waals surface area contributed by atoms with Gasteiger partial charge in [0.15, 0.2) is 10.9 Å². The first kappa shape index (κ1) is 26.1. The fourth-order valence-corrected chi connectivity index (χ4v) is 5.09. The van der Waals surface area contributed by atoms with E-state index in [0.717, 1.165) is 17.4 Å². The minimum Gasteiger partial charge on any atom is -0.489 e. The van der Waals surface area contributed by atoms with Crippen LogP contribution in [0.5, 0.6) is 11.5 Å². The van der Waals surface area contributed by atoms with Crippen LogP contribution in [0.15, 0.2) is 41.8 Å². The highest BCUT2D eigenvalue weighted by molar-refractivity contribution is 7.92. The van der Waals surface area contributed by atoms with E-state index in [2.05, 4.69) is 15.8 Å². The predicted octanol–water partition coefficient (Wildman–Crippen LogP) is 5.56. The summed E-state index contributed by atoms with van der Waals surface area (Å²) in [6.07, 6.45) is 1.08. The van der Waals surface area contributed by atoms with Gasteiger partial charge in [-0.05, 0) is 35.4 Å². The molecule has 2 aromatic carbocycles. The third kappa shape index (κ3) is 6.54. The van der Waals surface area contributed by atoms with E-state index in [0.29, 0.717) is 38.8 Å². The van der Waals surface area contributed by atoms with Crippen LogP contribution in [0.25, 0.3) is 0 Å². The summed E-state index contributed by atoms with van der Waals surface area (Å²) in [7, 11) is -3.37. The van der Waals surface area contributed by atoms with Crippen molar-refractivity contribution in [2.75, 3.05) is 23.5 Å². The van der Waals surface area contributed by atoms with Crippen molar-refractivity contribution < 1.29 is 17.9 Å². The first-order chi connectivity index (χ1) is 16.0. The lowest BCUT2D eigenvalue weighted by molar-refractivity contribution is 0.302. The number of ether oxygens (including phenoxy) is 2. The fourth-order valence-electron chi connectivity index (χ4n) is 3.20. The number of anilines is 1. The second-order valence-corrected chi connectivity index (χ2v) is 11.3. The number of thiazole rings is 1. The molecule has 0 unspecified atom stereocenters. The van der Waals surface area contributed by atoms with Crippen molar-refractivity contribution in [3.05, 3.63) is 69.2 Å². The van der Waals surface area contributed by atoms with Gasteiger partial charge in [-0.3, -0.25) is 4.72 Å². The van der Waals surface area contributed by atoms with Crippen LogP contribution in [0.3, 0.4) is 0 Å². The number of nitrogens with zero attached hydrogens (tertiary/aromatic N) is 2. The van der Waals surface area contributed by atoms with Crippen LogP contribution in [0.1, 0.15) is 36.2 Å². The van der Waals surface area contributed by atoms with E-state index in [1.54, 1.807) is 17.5 Å². The van der Waals surface area contributed by atoms with E-state index in [9.17, 15) is 13.7 Å². The van der Waals surface area contributed by atoms with E-state index in [4.69, 9.17) is 32.7 Å². The van der Waals surface area contributed by atoms with Gasteiger partial charge in [0.25, 0.3) is 0 Å². The SMILES string of the molecule is CC(C)(c1ccc(OCc2csc(NS(C)(=O)=O)n2)cc1)c1cc(Cl)c(OCCCl)c(C#N)c1. The molecule has 0 spiro atoms.